The second-order valence-corrected chi connectivity index (χ2v) is 5.44. The molecule has 0 unspecified atom stereocenters. The molecule has 0 atom stereocenters. The molecule has 3 rings (SSSR count). The molecule has 1 fully saturated rings. The lowest BCUT2D eigenvalue weighted by atomic mass is 10.3. The van der Waals surface area contributed by atoms with Gasteiger partial charge in [0.1, 0.15) is 0 Å². The number of nitro groups is 1. The molecule has 1 saturated carbocycles. The fourth-order valence-corrected chi connectivity index (χ4v) is 3.20. The molecule has 4 nitrogen and oxygen atoms in total. The first-order valence-electron chi connectivity index (χ1n) is 4.93. The summed E-state index contributed by atoms with van der Waals surface area (Å²) in [7, 11) is 0. The van der Waals surface area contributed by atoms with Crippen LogP contribution in [0.15, 0.2) is 17.0 Å². The third kappa shape index (κ3) is 1.58. The Morgan fingerprint density at radius 3 is 2.88 bits per heavy atom. The topological polar surface area (TPSA) is 56.0 Å². The summed E-state index contributed by atoms with van der Waals surface area (Å²) in [6, 6.07) is 3.04. The predicted molar refractivity (Wildman–Crippen MR) is 65.5 cm³/mol. The number of hydrogen-bond acceptors (Lipinski definition) is 5. The lowest BCUT2D eigenvalue weighted by Gasteiger charge is -1.94. The largest absolute Gasteiger partial charge is 0.272 e. The molecule has 0 spiro atoms. The minimum absolute atomic E-state index is 0.0866. The molecule has 0 amide bonds. The summed E-state index contributed by atoms with van der Waals surface area (Å²) in [5, 5.41) is 11.8. The maximum atomic E-state index is 10.7. The van der Waals surface area contributed by atoms with Gasteiger partial charge in [-0.05, 0) is 12.8 Å². The van der Waals surface area contributed by atoms with E-state index in [-0.39, 0.29) is 5.69 Å². The highest BCUT2D eigenvalue weighted by Gasteiger charge is 2.27. The summed E-state index contributed by atoms with van der Waals surface area (Å²) >= 11 is 5.81. The normalized spacial score (nSPS) is 15.6. The van der Waals surface area contributed by atoms with Crippen molar-refractivity contribution in [3.8, 4) is 0 Å². The van der Waals surface area contributed by atoms with E-state index in [9.17, 15) is 10.1 Å². The second-order valence-electron chi connectivity index (χ2n) is 3.90. The number of rotatable bonds is 2. The van der Waals surface area contributed by atoms with Crippen LogP contribution in [0, 0.1) is 10.1 Å². The molecule has 6 heteroatoms. The van der Waals surface area contributed by atoms with Crippen LogP contribution in [0.4, 0.5) is 5.69 Å². The standard InChI is InChI=1S/C10H8N2O2S2/c13-12(14)6-3-7(15)9-8(4-6)16-10(11-9)5-1-2-5/h3-5,15H,1-2H2. The number of thiazole rings is 1. The maximum absolute atomic E-state index is 10.7. The molecule has 0 N–H and O–H groups in total. The highest BCUT2D eigenvalue weighted by atomic mass is 32.1. The van der Waals surface area contributed by atoms with Crippen molar-refractivity contribution in [2.75, 3.05) is 0 Å². The molecule has 1 aromatic carbocycles. The monoisotopic (exact) mass is 252 g/mol. The van der Waals surface area contributed by atoms with E-state index in [1.165, 1.54) is 18.9 Å². The molecular formula is C10H8N2O2S2. The van der Waals surface area contributed by atoms with Crippen molar-refractivity contribution in [3.63, 3.8) is 0 Å². The van der Waals surface area contributed by atoms with E-state index < -0.39 is 4.92 Å². The zero-order valence-corrected chi connectivity index (χ0v) is 9.92. The van der Waals surface area contributed by atoms with Crippen LogP contribution in [0.25, 0.3) is 10.2 Å². The average molecular weight is 252 g/mol. The molecule has 16 heavy (non-hydrogen) atoms. The summed E-state index contributed by atoms with van der Waals surface area (Å²) in [5.41, 5.74) is 0.879. The number of aromatic nitrogens is 1. The van der Waals surface area contributed by atoms with Crippen molar-refractivity contribution in [3.05, 3.63) is 27.3 Å². The molecule has 2 aromatic rings. The number of nitro benzene ring substituents is 1. The van der Waals surface area contributed by atoms with Crippen molar-refractivity contribution < 1.29 is 4.92 Å². The fourth-order valence-electron chi connectivity index (χ4n) is 1.63. The number of non-ortho nitro benzene ring substituents is 1. The van der Waals surface area contributed by atoms with Crippen LogP contribution in [-0.4, -0.2) is 9.91 Å². The molecule has 1 aromatic heterocycles. The van der Waals surface area contributed by atoms with E-state index in [0.29, 0.717) is 10.8 Å². The van der Waals surface area contributed by atoms with Crippen LogP contribution in [0.5, 0.6) is 0 Å². The van der Waals surface area contributed by atoms with E-state index in [1.807, 2.05) is 0 Å². The maximum Gasteiger partial charge on any atom is 0.272 e. The van der Waals surface area contributed by atoms with Crippen molar-refractivity contribution in [1.82, 2.24) is 4.98 Å². The van der Waals surface area contributed by atoms with E-state index in [0.717, 1.165) is 15.2 Å². The fraction of sp³-hybridized carbons (Fsp3) is 0.300. The second kappa shape index (κ2) is 3.43. The minimum atomic E-state index is -0.393. The Balaban J connectivity index is 2.21. The van der Waals surface area contributed by atoms with Gasteiger partial charge in [-0.1, -0.05) is 0 Å². The number of nitrogens with zero attached hydrogens (tertiary/aromatic N) is 2. The molecular weight excluding hydrogens is 244 g/mol. The molecule has 0 radical (unpaired) electrons. The first-order chi connectivity index (χ1) is 7.65. The lowest BCUT2D eigenvalue weighted by molar-refractivity contribution is -0.384. The summed E-state index contributed by atoms with van der Waals surface area (Å²) in [6.07, 6.45) is 2.37. The van der Waals surface area contributed by atoms with Crippen molar-refractivity contribution in [2.45, 2.75) is 23.7 Å². The molecule has 0 bridgehead atoms. The van der Waals surface area contributed by atoms with Crippen LogP contribution in [0.1, 0.15) is 23.8 Å². The van der Waals surface area contributed by atoms with Crippen LogP contribution >= 0.6 is 24.0 Å². The third-order valence-electron chi connectivity index (χ3n) is 2.61. The SMILES string of the molecule is O=[N+]([O-])c1cc(S)c2nc(C3CC3)sc2c1. The van der Waals surface area contributed by atoms with E-state index >= 15 is 0 Å². The van der Waals surface area contributed by atoms with Gasteiger partial charge in [0.25, 0.3) is 5.69 Å². The van der Waals surface area contributed by atoms with Gasteiger partial charge in [-0.15, -0.1) is 24.0 Å². The number of benzene rings is 1. The third-order valence-corrected chi connectivity index (χ3v) is 4.12. The molecule has 1 aliphatic rings. The Bertz CT molecular complexity index is 590. The van der Waals surface area contributed by atoms with Crippen LogP contribution in [-0.2, 0) is 0 Å². The van der Waals surface area contributed by atoms with Gasteiger partial charge < -0.3 is 0 Å². The summed E-state index contributed by atoms with van der Waals surface area (Å²) < 4.78 is 0.862. The van der Waals surface area contributed by atoms with Gasteiger partial charge in [0.15, 0.2) is 0 Å². The summed E-state index contributed by atoms with van der Waals surface area (Å²) in [6.45, 7) is 0. The highest BCUT2D eigenvalue weighted by Crippen LogP contribution is 2.44. The lowest BCUT2D eigenvalue weighted by Crippen LogP contribution is -1.87. The molecule has 0 saturated heterocycles. The average Bonchev–Trinajstić information content (AvgIpc) is 2.98. The van der Waals surface area contributed by atoms with E-state index in [1.54, 1.807) is 17.4 Å². The van der Waals surface area contributed by atoms with Crippen LogP contribution < -0.4 is 0 Å². The van der Waals surface area contributed by atoms with E-state index in [4.69, 9.17) is 0 Å². The van der Waals surface area contributed by atoms with Gasteiger partial charge >= 0.3 is 0 Å². The Morgan fingerprint density at radius 1 is 1.50 bits per heavy atom. The van der Waals surface area contributed by atoms with Gasteiger partial charge in [0, 0.05) is 22.9 Å². The van der Waals surface area contributed by atoms with Crippen LogP contribution in [0.2, 0.25) is 0 Å². The smallest absolute Gasteiger partial charge is 0.258 e. The van der Waals surface area contributed by atoms with Gasteiger partial charge in [0.2, 0.25) is 0 Å². The van der Waals surface area contributed by atoms with Crippen molar-refractivity contribution in [2.24, 2.45) is 0 Å². The zero-order valence-electron chi connectivity index (χ0n) is 8.21. The number of fused-ring (bicyclic) bond motifs is 1. The Hall–Kier alpha value is -1.14. The Kier molecular flexibility index (Phi) is 2.15. The first kappa shape index (κ1) is 10.0. The molecule has 1 heterocycles. The minimum Gasteiger partial charge on any atom is -0.258 e. The zero-order chi connectivity index (χ0) is 11.3. The quantitative estimate of drug-likeness (QED) is 0.506. The van der Waals surface area contributed by atoms with E-state index in [2.05, 4.69) is 17.6 Å². The summed E-state index contributed by atoms with van der Waals surface area (Å²) in [5.74, 6) is 0.573. The van der Waals surface area contributed by atoms with Gasteiger partial charge in [-0.2, -0.15) is 0 Å². The highest BCUT2D eigenvalue weighted by molar-refractivity contribution is 7.80. The molecule has 0 aliphatic heterocycles. The molecule has 1 aliphatic carbocycles. The Labute approximate surface area is 101 Å². The Morgan fingerprint density at radius 2 is 2.25 bits per heavy atom. The van der Waals surface area contributed by atoms with Crippen molar-refractivity contribution in [1.29, 1.82) is 0 Å². The van der Waals surface area contributed by atoms with Crippen molar-refractivity contribution >= 4 is 39.9 Å². The first-order valence-corrected chi connectivity index (χ1v) is 6.19. The van der Waals surface area contributed by atoms with Gasteiger partial charge in [0.05, 0.1) is 20.1 Å². The number of hydrogen-bond donors (Lipinski definition) is 1. The van der Waals surface area contributed by atoms with Gasteiger partial charge in [-0.25, -0.2) is 4.98 Å². The van der Waals surface area contributed by atoms with Gasteiger partial charge in [-0.3, -0.25) is 10.1 Å². The molecule has 82 valence electrons. The van der Waals surface area contributed by atoms with Crippen LogP contribution in [0.3, 0.4) is 0 Å². The number of thiol groups is 1. The predicted octanol–water partition coefficient (Wildman–Crippen LogP) is 3.37. The summed E-state index contributed by atoms with van der Waals surface area (Å²) in [4.78, 5) is 15.4.